The first-order valence-electron chi connectivity index (χ1n) is 11.3. The van der Waals surface area contributed by atoms with Crippen molar-refractivity contribution in [3.63, 3.8) is 0 Å². The van der Waals surface area contributed by atoms with Crippen molar-refractivity contribution in [1.29, 1.82) is 0 Å². The number of amides is 1. The molecular formula is C27H33N3O. The Balaban J connectivity index is 0.000000282. The van der Waals surface area contributed by atoms with Crippen molar-refractivity contribution in [3.8, 4) is 0 Å². The highest BCUT2D eigenvalue weighted by atomic mass is 16.2. The number of fused-ring (bicyclic) bond motifs is 2. The van der Waals surface area contributed by atoms with Crippen LogP contribution in [0.3, 0.4) is 0 Å². The molecule has 2 aromatic carbocycles. The van der Waals surface area contributed by atoms with Crippen molar-refractivity contribution < 1.29 is 4.79 Å². The van der Waals surface area contributed by atoms with Gasteiger partial charge in [0.25, 0.3) is 0 Å². The van der Waals surface area contributed by atoms with Gasteiger partial charge >= 0.3 is 0 Å². The normalized spacial score (nSPS) is 19.8. The van der Waals surface area contributed by atoms with Crippen molar-refractivity contribution in [1.82, 2.24) is 14.8 Å². The zero-order valence-electron chi connectivity index (χ0n) is 19.1. The number of carbonyl (C=O) groups is 1. The molecule has 1 aliphatic heterocycles. The monoisotopic (exact) mass is 415 g/mol. The van der Waals surface area contributed by atoms with Gasteiger partial charge in [-0.3, -0.25) is 9.69 Å². The number of hydrogen-bond acceptors (Lipinski definition) is 2. The highest BCUT2D eigenvalue weighted by Crippen LogP contribution is 2.40. The van der Waals surface area contributed by atoms with Crippen LogP contribution < -0.4 is 0 Å². The van der Waals surface area contributed by atoms with Crippen LogP contribution >= 0.6 is 0 Å². The van der Waals surface area contributed by atoms with Gasteiger partial charge in [0.1, 0.15) is 0 Å². The molecule has 0 spiro atoms. The topological polar surface area (TPSA) is 39.3 Å². The maximum Gasteiger partial charge on any atom is 0.230 e. The molecule has 1 amide bonds. The molecule has 162 valence electrons. The Morgan fingerprint density at radius 3 is 2.48 bits per heavy atom. The number of aromatic nitrogens is 1. The predicted octanol–water partition coefficient (Wildman–Crippen LogP) is 4.90. The summed E-state index contributed by atoms with van der Waals surface area (Å²) in [6.45, 7) is 8.55. The quantitative estimate of drug-likeness (QED) is 0.661. The number of carbonyl (C=O) groups excluding carboxylic acids is 1. The van der Waals surface area contributed by atoms with E-state index in [9.17, 15) is 4.79 Å². The third-order valence-corrected chi connectivity index (χ3v) is 6.60. The number of benzene rings is 2. The van der Waals surface area contributed by atoms with Crippen molar-refractivity contribution >= 4 is 22.4 Å². The number of aromatic amines is 1. The van der Waals surface area contributed by atoms with Gasteiger partial charge in [-0.2, -0.15) is 0 Å². The number of likely N-dealkylation sites (N-methyl/N-ethyl adjacent to an activating group) is 1. The highest BCUT2D eigenvalue weighted by molar-refractivity contribution is 5.99. The fraction of sp³-hybridized carbons (Fsp3) is 0.370. The lowest BCUT2D eigenvalue weighted by Crippen LogP contribution is -2.47. The number of H-pyrrole nitrogens is 1. The maximum atomic E-state index is 12.9. The Hall–Kier alpha value is -2.85. The van der Waals surface area contributed by atoms with E-state index in [0.29, 0.717) is 6.04 Å². The van der Waals surface area contributed by atoms with Crippen LogP contribution in [0.25, 0.3) is 16.5 Å². The first-order valence-corrected chi connectivity index (χ1v) is 11.3. The van der Waals surface area contributed by atoms with Gasteiger partial charge in [-0.15, -0.1) is 0 Å². The molecule has 0 saturated heterocycles. The fourth-order valence-corrected chi connectivity index (χ4v) is 4.91. The molecule has 31 heavy (non-hydrogen) atoms. The maximum absolute atomic E-state index is 12.9. The molecule has 2 heterocycles. The van der Waals surface area contributed by atoms with Gasteiger partial charge in [-0.1, -0.05) is 54.1 Å². The molecule has 4 heteroatoms. The summed E-state index contributed by atoms with van der Waals surface area (Å²) >= 11 is 0. The molecule has 0 fully saturated rings. The van der Waals surface area contributed by atoms with E-state index in [-0.39, 0.29) is 11.8 Å². The third kappa shape index (κ3) is 4.17. The summed E-state index contributed by atoms with van der Waals surface area (Å²) in [6.07, 6.45) is 5.41. The zero-order chi connectivity index (χ0) is 22.0. The van der Waals surface area contributed by atoms with Crippen LogP contribution in [0.1, 0.15) is 30.5 Å². The first-order chi connectivity index (χ1) is 15.0. The summed E-state index contributed by atoms with van der Waals surface area (Å²) in [4.78, 5) is 20.6. The Bertz CT molecular complexity index is 1080. The van der Waals surface area contributed by atoms with E-state index < -0.39 is 0 Å². The smallest absolute Gasteiger partial charge is 0.230 e. The summed E-state index contributed by atoms with van der Waals surface area (Å²) in [6, 6.07) is 17.1. The first kappa shape index (κ1) is 21.4. The lowest BCUT2D eigenvalue weighted by Gasteiger charge is -2.40. The van der Waals surface area contributed by atoms with E-state index in [0.717, 1.165) is 26.1 Å². The van der Waals surface area contributed by atoms with Gasteiger partial charge in [0.15, 0.2) is 0 Å². The standard InChI is InChI=1S/C20H25N3O.C7H8/c1-4-23(5-2)20(24)14-9-16-15-7-6-8-17-19(15)13(11-21-17)10-18(16)22(3)12-14;1-7-5-3-2-4-6-7/h6-9,11,14,18,21H,4-5,10,12H2,1-3H3;2-6H,1H3/t14-,18-;/m1./s1. The molecule has 0 bridgehead atoms. The lowest BCUT2D eigenvalue weighted by atomic mass is 9.79. The average Bonchev–Trinajstić information content (AvgIpc) is 3.20. The molecule has 3 aromatic rings. The van der Waals surface area contributed by atoms with Crippen LogP contribution in [0.15, 0.2) is 60.8 Å². The van der Waals surface area contributed by atoms with Gasteiger partial charge in [0.05, 0.1) is 5.92 Å². The van der Waals surface area contributed by atoms with E-state index in [1.165, 1.54) is 33.2 Å². The summed E-state index contributed by atoms with van der Waals surface area (Å²) in [5.74, 6) is 0.210. The Morgan fingerprint density at radius 2 is 1.84 bits per heavy atom. The molecule has 2 aliphatic rings. The number of nitrogens with zero attached hydrogens (tertiary/aromatic N) is 2. The number of hydrogen-bond donors (Lipinski definition) is 1. The van der Waals surface area contributed by atoms with Gasteiger partial charge in [0.2, 0.25) is 5.91 Å². The third-order valence-electron chi connectivity index (χ3n) is 6.60. The van der Waals surface area contributed by atoms with Gasteiger partial charge < -0.3 is 9.88 Å². The molecule has 0 unspecified atom stereocenters. The molecule has 4 nitrogen and oxygen atoms in total. The van der Waals surface area contributed by atoms with E-state index in [2.05, 4.69) is 80.3 Å². The number of nitrogens with one attached hydrogen (secondary N) is 1. The van der Waals surface area contributed by atoms with Crippen molar-refractivity contribution in [2.24, 2.45) is 5.92 Å². The lowest BCUT2D eigenvalue weighted by molar-refractivity contribution is -0.134. The predicted molar refractivity (Wildman–Crippen MR) is 129 cm³/mol. The van der Waals surface area contributed by atoms with Crippen molar-refractivity contribution in [2.75, 3.05) is 26.7 Å². The molecule has 1 aliphatic carbocycles. The van der Waals surface area contributed by atoms with Crippen LogP contribution in [0, 0.1) is 12.8 Å². The van der Waals surface area contributed by atoms with Crippen molar-refractivity contribution in [2.45, 2.75) is 33.2 Å². The van der Waals surface area contributed by atoms with Gasteiger partial charge in [-0.05, 0) is 57.0 Å². The van der Waals surface area contributed by atoms with E-state index in [1.807, 2.05) is 23.1 Å². The Morgan fingerprint density at radius 1 is 1.10 bits per heavy atom. The zero-order valence-corrected chi connectivity index (χ0v) is 19.1. The van der Waals surface area contributed by atoms with Crippen molar-refractivity contribution in [3.05, 3.63) is 77.5 Å². The minimum absolute atomic E-state index is 0.0445. The molecule has 2 atom stereocenters. The van der Waals surface area contributed by atoms with E-state index >= 15 is 0 Å². The second-order valence-electron chi connectivity index (χ2n) is 8.60. The number of aryl methyl sites for hydroxylation is 1. The fourth-order valence-electron chi connectivity index (χ4n) is 4.91. The SMILES string of the molecule is CCN(CC)C(=O)[C@@H]1C=C2c3cccc4[nH]cc(c34)C[C@H]2N(C)C1.Cc1ccccc1. The van der Waals surface area contributed by atoms with Crippen LogP contribution in [0.5, 0.6) is 0 Å². The minimum atomic E-state index is -0.0445. The van der Waals surface area contributed by atoms with Crippen LogP contribution in [-0.2, 0) is 11.2 Å². The Kier molecular flexibility index (Phi) is 6.28. The van der Waals surface area contributed by atoms with Crippen LogP contribution in [-0.4, -0.2) is 53.4 Å². The molecule has 5 rings (SSSR count). The summed E-state index contributed by atoms with van der Waals surface area (Å²) < 4.78 is 0. The van der Waals surface area contributed by atoms with E-state index in [4.69, 9.17) is 0 Å². The molecule has 0 radical (unpaired) electrons. The molecule has 0 saturated carbocycles. The Labute approximate surface area is 185 Å². The minimum Gasteiger partial charge on any atom is -0.361 e. The summed E-state index contributed by atoms with van der Waals surface area (Å²) in [7, 11) is 2.15. The number of rotatable bonds is 3. The second kappa shape index (κ2) is 9.11. The van der Waals surface area contributed by atoms with Gasteiger partial charge in [0, 0.05) is 42.8 Å². The van der Waals surface area contributed by atoms with Gasteiger partial charge in [-0.25, -0.2) is 0 Å². The second-order valence-corrected chi connectivity index (χ2v) is 8.60. The molecular weight excluding hydrogens is 382 g/mol. The average molecular weight is 416 g/mol. The molecule has 1 aromatic heterocycles. The highest BCUT2D eigenvalue weighted by Gasteiger charge is 2.36. The summed E-state index contributed by atoms with van der Waals surface area (Å²) in [5.41, 5.74) is 6.53. The van der Waals surface area contributed by atoms with Crippen LogP contribution in [0.4, 0.5) is 0 Å². The van der Waals surface area contributed by atoms with Crippen LogP contribution in [0.2, 0.25) is 0 Å². The van der Waals surface area contributed by atoms with E-state index in [1.54, 1.807) is 0 Å². The summed E-state index contributed by atoms with van der Waals surface area (Å²) in [5, 5.41) is 1.34. The molecule has 1 N–H and O–H groups in total. The largest absolute Gasteiger partial charge is 0.361 e.